The Morgan fingerprint density at radius 2 is 2.10 bits per heavy atom. The fourth-order valence-corrected chi connectivity index (χ4v) is 1.74. The highest BCUT2D eigenvalue weighted by molar-refractivity contribution is 7.84. The normalized spacial score (nSPS) is 13.6. The first-order valence-electron chi connectivity index (χ1n) is 5.97. The predicted molar refractivity (Wildman–Crippen MR) is 74.2 cm³/mol. The summed E-state index contributed by atoms with van der Waals surface area (Å²) in [5.41, 5.74) is 0.0808. The van der Waals surface area contributed by atoms with Crippen LogP contribution in [0.3, 0.4) is 0 Å². The Kier molecular flexibility index (Phi) is 5.75. The van der Waals surface area contributed by atoms with Crippen LogP contribution >= 0.6 is 0 Å². The van der Waals surface area contributed by atoms with Gasteiger partial charge in [0.1, 0.15) is 17.1 Å². The van der Waals surface area contributed by atoms with Crippen molar-refractivity contribution >= 4 is 22.8 Å². The molecule has 3 N–H and O–H groups in total. The lowest BCUT2D eigenvalue weighted by Gasteiger charge is -2.10. The van der Waals surface area contributed by atoms with E-state index in [2.05, 4.69) is 10.6 Å². The van der Waals surface area contributed by atoms with Crippen LogP contribution in [0.2, 0.25) is 0 Å². The molecule has 8 heteroatoms. The van der Waals surface area contributed by atoms with Crippen LogP contribution in [0.1, 0.15) is 28.8 Å². The number of nitrogens with one attached hydrogen (secondary N) is 2. The van der Waals surface area contributed by atoms with Crippen molar-refractivity contribution in [3.8, 4) is 0 Å². The van der Waals surface area contributed by atoms with Gasteiger partial charge in [0, 0.05) is 28.9 Å². The van der Waals surface area contributed by atoms with Crippen LogP contribution in [-0.4, -0.2) is 39.4 Å². The van der Waals surface area contributed by atoms with E-state index in [0.717, 1.165) is 0 Å². The molecule has 0 saturated carbocycles. The zero-order chi connectivity index (χ0) is 15.3. The molecule has 7 nitrogen and oxygen atoms in total. The van der Waals surface area contributed by atoms with E-state index < -0.39 is 22.8 Å². The SMILES string of the molecule is Cc1oc(CNC(=O)NCC(C)S(C)=O)cc1C(=O)O. The van der Waals surface area contributed by atoms with Crippen molar-refractivity contribution in [1.29, 1.82) is 0 Å². The highest BCUT2D eigenvalue weighted by Gasteiger charge is 2.14. The summed E-state index contributed by atoms with van der Waals surface area (Å²) in [4.78, 5) is 22.3. The molecule has 0 aliphatic carbocycles. The Balaban J connectivity index is 2.43. The van der Waals surface area contributed by atoms with Gasteiger partial charge in [-0.25, -0.2) is 9.59 Å². The number of hydrogen-bond donors (Lipinski definition) is 3. The van der Waals surface area contributed by atoms with Crippen molar-refractivity contribution < 1.29 is 23.3 Å². The van der Waals surface area contributed by atoms with Gasteiger partial charge in [0.2, 0.25) is 0 Å². The molecule has 112 valence electrons. The molecule has 0 aliphatic heterocycles. The number of amides is 2. The molecule has 20 heavy (non-hydrogen) atoms. The van der Waals surface area contributed by atoms with Crippen molar-refractivity contribution in [2.24, 2.45) is 0 Å². The zero-order valence-corrected chi connectivity index (χ0v) is 12.4. The van der Waals surface area contributed by atoms with E-state index in [1.807, 2.05) is 0 Å². The van der Waals surface area contributed by atoms with E-state index in [0.29, 0.717) is 18.1 Å². The minimum atomic E-state index is -1.07. The summed E-state index contributed by atoms with van der Waals surface area (Å²) in [5, 5.41) is 13.8. The van der Waals surface area contributed by atoms with E-state index in [1.54, 1.807) is 20.1 Å². The van der Waals surface area contributed by atoms with Gasteiger partial charge in [-0.1, -0.05) is 0 Å². The average molecular weight is 302 g/mol. The van der Waals surface area contributed by atoms with Crippen molar-refractivity contribution in [3.63, 3.8) is 0 Å². The predicted octanol–water partition coefficient (Wildman–Crippen LogP) is 0.852. The summed E-state index contributed by atoms with van der Waals surface area (Å²) in [7, 11) is -0.998. The molecular weight excluding hydrogens is 284 g/mol. The number of aromatic carboxylic acids is 1. The van der Waals surface area contributed by atoms with Crippen molar-refractivity contribution in [1.82, 2.24) is 10.6 Å². The number of carboxylic acids is 1. The van der Waals surface area contributed by atoms with Gasteiger partial charge >= 0.3 is 12.0 Å². The second kappa shape index (κ2) is 7.09. The van der Waals surface area contributed by atoms with Gasteiger partial charge in [-0.05, 0) is 19.9 Å². The fraction of sp³-hybridized carbons (Fsp3) is 0.500. The van der Waals surface area contributed by atoms with Crippen LogP contribution in [0.25, 0.3) is 0 Å². The Hall–Kier alpha value is -1.83. The van der Waals surface area contributed by atoms with E-state index in [9.17, 15) is 13.8 Å². The third-order valence-corrected chi connectivity index (χ3v) is 4.04. The number of furan rings is 1. The summed E-state index contributed by atoms with van der Waals surface area (Å²) in [6.45, 7) is 3.70. The minimum Gasteiger partial charge on any atom is -0.478 e. The molecule has 0 saturated heterocycles. The van der Waals surface area contributed by atoms with E-state index in [1.165, 1.54) is 6.07 Å². The van der Waals surface area contributed by atoms with Crippen LogP contribution < -0.4 is 10.6 Å². The standard InChI is InChI=1S/C12H18N2O5S/c1-7(20(3)18)5-13-12(17)14-6-9-4-10(11(15)16)8(2)19-9/h4,7H,5-6H2,1-3H3,(H,15,16)(H2,13,14,17). The first-order valence-corrected chi connectivity index (χ1v) is 7.60. The van der Waals surface area contributed by atoms with E-state index in [4.69, 9.17) is 9.52 Å². The van der Waals surface area contributed by atoms with Gasteiger partial charge < -0.3 is 20.2 Å². The number of carbonyl (C=O) groups is 2. The maximum Gasteiger partial charge on any atom is 0.339 e. The lowest BCUT2D eigenvalue weighted by Crippen LogP contribution is -2.39. The van der Waals surface area contributed by atoms with Crippen molar-refractivity contribution in [2.45, 2.75) is 25.6 Å². The monoisotopic (exact) mass is 302 g/mol. The Morgan fingerprint density at radius 3 is 2.60 bits per heavy atom. The molecule has 2 unspecified atom stereocenters. The van der Waals surface area contributed by atoms with Crippen LogP contribution in [-0.2, 0) is 17.3 Å². The van der Waals surface area contributed by atoms with Gasteiger partial charge in [-0.15, -0.1) is 0 Å². The van der Waals surface area contributed by atoms with Crippen LogP contribution in [0.15, 0.2) is 10.5 Å². The summed E-state index contributed by atoms with van der Waals surface area (Å²) in [6, 6.07) is 0.954. The lowest BCUT2D eigenvalue weighted by molar-refractivity contribution is 0.0695. The smallest absolute Gasteiger partial charge is 0.339 e. The summed E-state index contributed by atoms with van der Waals surface area (Å²) < 4.78 is 16.3. The van der Waals surface area contributed by atoms with Crippen molar-refractivity contribution in [3.05, 3.63) is 23.2 Å². The van der Waals surface area contributed by atoms with Gasteiger partial charge in [0.15, 0.2) is 0 Å². The number of carboxylic acid groups (broad SMARTS) is 1. The molecule has 0 bridgehead atoms. The Labute approximate surface area is 119 Å². The van der Waals surface area contributed by atoms with Gasteiger partial charge in [0.05, 0.1) is 6.54 Å². The number of hydrogen-bond acceptors (Lipinski definition) is 4. The highest BCUT2D eigenvalue weighted by atomic mass is 32.2. The zero-order valence-electron chi connectivity index (χ0n) is 11.6. The second-order valence-electron chi connectivity index (χ2n) is 4.36. The Morgan fingerprint density at radius 1 is 1.45 bits per heavy atom. The molecule has 0 aromatic carbocycles. The van der Waals surface area contributed by atoms with Crippen LogP contribution in [0.5, 0.6) is 0 Å². The third kappa shape index (κ3) is 4.69. The molecule has 2 atom stereocenters. The lowest BCUT2D eigenvalue weighted by atomic mass is 10.2. The number of aryl methyl sites for hydroxylation is 1. The van der Waals surface area contributed by atoms with Gasteiger partial charge in [-0.3, -0.25) is 4.21 Å². The number of urea groups is 1. The average Bonchev–Trinajstić information content (AvgIpc) is 2.74. The highest BCUT2D eigenvalue weighted by Crippen LogP contribution is 2.14. The molecule has 1 rings (SSSR count). The van der Waals surface area contributed by atoms with E-state index in [-0.39, 0.29) is 17.4 Å². The largest absolute Gasteiger partial charge is 0.478 e. The summed E-state index contributed by atoms with van der Waals surface area (Å²) in [6.07, 6.45) is 1.57. The Bertz CT molecular complexity index is 526. The van der Waals surface area contributed by atoms with Crippen molar-refractivity contribution in [2.75, 3.05) is 12.8 Å². The summed E-state index contributed by atoms with van der Waals surface area (Å²) >= 11 is 0. The molecule has 1 heterocycles. The van der Waals surface area contributed by atoms with Crippen LogP contribution in [0.4, 0.5) is 4.79 Å². The van der Waals surface area contributed by atoms with Gasteiger partial charge in [0.25, 0.3) is 0 Å². The first-order chi connectivity index (χ1) is 9.31. The maximum atomic E-state index is 11.5. The molecular formula is C12H18N2O5S. The van der Waals surface area contributed by atoms with E-state index >= 15 is 0 Å². The summed E-state index contributed by atoms with van der Waals surface area (Å²) in [5.74, 6) is -0.409. The fourth-order valence-electron chi connectivity index (χ4n) is 1.43. The minimum absolute atomic E-state index is 0.0808. The molecule has 1 aromatic heterocycles. The molecule has 0 spiro atoms. The maximum absolute atomic E-state index is 11.5. The number of carbonyl (C=O) groups excluding carboxylic acids is 1. The van der Waals surface area contributed by atoms with Crippen LogP contribution in [0, 0.1) is 6.92 Å². The first kappa shape index (κ1) is 16.2. The molecule has 2 amide bonds. The third-order valence-electron chi connectivity index (χ3n) is 2.74. The molecule has 1 aromatic rings. The number of rotatable bonds is 6. The topological polar surface area (TPSA) is 109 Å². The quantitative estimate of drug-likeness (QED) is 0.722. The van der Waals surface area contributed by atoms with Gasteiger partial charge in [-0.2, -0.15) is 0 Å². The molecule has 0 fully saturated rings. The molecule has 0 radical (unpaired) electrons. The second-order valence-corrected chi connectivity index (χ2v) is 6.16. The molecule has 0 aliphatic rings.